The van der Waals surface area contributed by atoms with Crippen molar-refractivity contribution in [1.82, 2.24) is 10.6 Å². The number of nitrogens with one attached hydrogen (secondary N) is 2. The van der Waals surface area contributed by atoms with Gasteiger partial charge in [0.05, 0.1) is 12.2 Å². The Morgan fingerprint density at radius 1 is 1.44 bits per heavy atom. The average Bonchev–Trinajstić information content (AvgIpc) is 2.25. The van der Waals surface area contributed by atoms with E-state index in [1.165, 1.54) is 6.92 Å². The zero-order chi connectivity index (χ0) is 13.7. The lowest BCUT2D eigenvalue weighted by Gasteiger charge is -2.28. The zero-order valence-electron chi connectivity index (χ0n) is 10.5. The van der Waals surface area contributed by atoms with Crippen LogP contribution in [0, 0.1) is 0 Å². The van der Waals surface area contributed by atoms with Crippen molar-refractivity contribution in [3.63, 3.8) is 0 Å². The minimum Gasteiger partial charge on any atom is -0.480 e. The average molecular weight is 260 g/mol. The van der Waals surface area contributed by atoms with Crippen molar-refractivity contribution in [1.29, 1.82) is 0 Å². The molecular formula is C11H20N2O5. The van der Waals surface area contributed by atoms with E-state index in [-0.39, 0.29) is 12.1 Å². The van der Waals surface area contributed by atoms with Crippen LogP contribution in [0.4, 0.5) is 4.79 Å². The van der Waals surface area contributed by atoms with Gasteiger partial charge in [-0.2, -0.15) is 0 Å². The molecule has 4 unspecified atom stereocenters. The summed E-state index contributed by atoms with van der Waals surface area (Å²) in [6.45, 7) is 3.81. The van der Waals surface area contributed by atoms with Crippen LogP contribution in [0.2, 0.25) is 0 Å². The number of urea groups is 1. The first-order valence-corrected chi connectivity index (χ1v) is 5.99. The molecule has 1 fully saturated rings. The van der Waals surface area contributed by atoms with Crippen LogP contribution in [0.15, 0.2) is 0 Å². The molecule has 7 heteroatoms. The van der Waals surface area contributed by atoms with E-state index in [0.29, 0.717) is 19.4 Å². The van der Waals surface area contributed by atoms with E-state index in [9.17, 15) is 14.7 Å². The minimum absolute atomic E-state index is 0.0304. The number of rotatable bonds is 4. The molecule has 1 aliphatic heterocycles. The van der Waals surface area contributed by atoms with Crippen molar-refractivity contribution in [2.75, 3.05) is 6.61 Å². The molecule has 104 valence electrons. The molecule has 0 radical (unpaired) electrons. The number of hydrogen-bond donors (Lipinski definition) is 4. The summed E-state index contributed by atoms with van der Waals surface area (Å²) >= 11 is 0. The Kier molecular flexibility index (Phi) is 5.36. The molecular weight excluding hydrogens is 240 g/mol. The van der Waals surface area contributed by atoms with Crippen molar-refractivity contribution >= 4 is 12.0 Å². The summed E-state index contributed by atoms with van der Waals surface area (Å²) in [5.41, 5.74) is 0. The molecule has 7 nitrogen and oxygen atoms in total. The highest BCUT2D eigenvalue weighted by molar-refractivity contribution is 5.83. The lowest BCUT2D eigenvalue weighted by Crippen LogP contribution is -2.54. The monoisotopic (exact) mass is 260 g/mol. The van der Waals surface area contributed by atoms with Crippen molar-refractivity contribution in [3.05, 3.63) is 0 Å². The van der Waals surface area contributed by atoms with E-state index in [0.717, 1.165) is 0 Å². The molecule has 1 heterocycles. The molecule has 2 amide bonds. The molecule has 18 heavy (non-hydrogen) atoms. The van der Waals surface area contributed by atoms with Crippen molar-refractivity contribution < 1.29 is 24.5 Å². The summed E-state index contributed by atoms with van der Waals surface area (Å²) in [6, 6.07) is -1.91. The number of ether oxygens (including phenoxy) is 1. The van der Waals surface area contributed by atoms with Crippen LogP contribution in [0.1, 0.15) is 26.7 Å². The van der Waals surface area contributed by atoms with Gasteiger partial charge in [-0.05, 0) is 26.7 Å². The zero-order valence-corrected chi connectivity index (χ0v) is 10.5. The van der Waals surface area contributed by atoms with E-state index in [2.05, 4.69) is 10.6 Å². The van der Waals surface area contributed by atoms with Crippen molar-refractivity contribution in [2.45, 2.75) is 51.0 Å². The highest BCUT2D eigenvalue weighted by Gasteiger charge is 2.27. The summed E-state index contributed by atoms with van der Waals surface area (Å²) in [6.07, 6.45) is 0.322. The van der Waals surface area contributed by atoms with Gasteiger partial charge in [0.2, 0.25) is 0 Å². The van der Waals surface area contributed by atoms with E-state index >= 15 is 0 Å². The number of carbonyl (C=O) groups excluding carboxylic acids is 1. The quantitative estimate of drug-likeness (QED) is 0.554. The first-order valence-electron chi connectivity index (χ1n) is 5.99. The number of amides is 2. The third kappa shape index (κ3) is 4.50. The fourth-order valence-electron chi connectivity index (χ4n) is 1.89. The number of carboxylic acids is 1. The first kappa shape index (κ1) is 14.7. The molecule has 0 spiro atoms. The number of carbonyl (C=O) groups is 2. The molecule has 4 atom stereocenters. The Morgan fingerprint density at radius 3 is 2.61 bits per heavy atom. The second-order valence-corrected chi connectivity index (χ2v) is 4.58. The molecule has 1 rings (SSSR count). The van der Waals surface area contributed by atoms with E-state index < -0.39 is 24.1 Å². The van der Waals surface area contributed by atoms with E-state index in [1.807, 2.05) is 6.92 Å². The summed E-state index contributed by atoms with van der Waals surface area (Å²) in [7, 11) is 0. The van der Waals surface area contributed by atoms with Gasteiger partial charge in [-0.1, -0.05) is 0 Å². The standard InChI is InChI=1S/C11H20N2O5/c1-6-5-8(3-4-18-6)12-11(17)13-9(7(2)14)10(15)16/h6-9,14H,3-5H2,1-2H3,(H,15,16)(H2,12,13,17). The maximum atomic E-state index is 11.6. The summed E-state index contributed by atoms with van der Waals surface area (Å²) in [5.74, 6) is -1.26. The normalized spacial score (nSPS) is 27.1. The summed E-state index contributed by atoms with van der Waals surface area (Å²) < 4.78 is 5.34. The lowest BCUT2D eigenvalue weighted by atomic mass is 10.0. The van der Waals surface area contributed by atoms with Gasteiger partial charge in [0, 0.05) is 12.6 Å². The van der Waals surface area contributed by atoms with Gasteiger partial charge in [-0.15, -0.1) is 0 Å². The second-order valence-electron chi connectivity index (χ2n) is 4.58. The Balaban J connectivity index is 2.42. The van der Waals surface area contributed by atoms with Gasteiger partial charge < -0.3 is 25.6 Å². The molecule has 0 aromatic rings. The fourth-order valence-corrected chi connectivity index (χ4v) is 1.89. The van der Waals surface area contributed by atoms with Gasteiger partial charge in [-0.3, -0.25) is 0 Å². The molecule has 0 aliphatic carbocycles. The van der Waals surface area contributed by atoms with E-state index in [1.54, 1.807) is 0 Å². The van der Waals surface area contributed by atoms with Gasteiger partial charge in [0.15, 0.2) is 6.04 Å². The number of hydrogen-bond acceptors (Lipinski definition) is 4. The Labute approximate surface area is 106 Å². The van der Waals surface area contributed by atoms with Gasteiger partial charge in [0.1, 0.15) is 0 Å². The predicted molar refractivity (Wildman–Crippen MR) is 63.2 cm³/mol. The van der Waals surface area contributed by atoms with Crippen LogP contribution in [-0.2, 0) is 9.53 Å². The van der Waals surface area contributed by atoms with Crippen molar-refractivity contribution in [2.24, 2.45) is 0 Å². The second kappa shape index (κ2) is 6.55. The predicted octanol–water partition coefficient (Wildman–Crippen LogP) is -0.313. The smallest absolute Gasteiger partial charge is 0.328 e. The number of aliphatic hydroxyl groups excluding tert-OH is 1. The largest absolute Gasteiger partial charge is 0.480 e. The Morgan fingerprint density at radius 2 is 2.11 bits per heavy atom. The SMILES string of the molecule is CC1CC(NC(=O)NC(C(=O)O)C(C)O)CCO1. The number of carboxylic acid groups (broad SMARTS) is 1. The van der Waals surface area contributed by atoms with E-state index in [4.69, 9.17) is 9.84 Å². The van der Waals surface area contributed by atoms with Crippen LogP contribution in [0.5, 0.6) is 0 Å². The van der Waals surface area contributed by atoms with Crippen molar-refractivity contribution in [3.8, 4) is 0 Å². The molecule has 0 saturated carbocycles. The Hall–Kier alpha value is -1.34. The molecule has 0 aromatic heterocycles. The molecule has 1 saturated heterocycles. The lowest BCUT2D eigenvalue weighted by molar-refractivity contribution is -0.141. The van der Waals surface area contributed by atoms with Crippen LogP contribution < -0.4 is 10.6 Å². The fraction of sp³-hybridized carbons (Fsp3) is 0.818. The van der Waals surface area contributed by atoms with Crippen LogP contribution >= 0.6 is 0 Å². The molecule has 0 aromatic carbocycles. The van der Waals surface area contributed by atoms with Gasteiger partial charge in [0.25, 0.3) is 0 Å². The third-order valence-corrected chi connectivity index (χ3v) is 2.86. The molecule has 0 bridgehead atoms. The van der Waals surface area contributed by atoms with Crippen LogP contribution in [0.3, 0.4) is 0 Å². The summed E-state index contributed by atoms with van der Waals surface area (Å²) in [4.78, 5) is 22.4. The molecule has 4 N–H and O–H groups in total. The number of aliphatic carboxylic acids is 1. The first-order chi connectivity index (χ1) is 8.40. The highest BCUT2D eigenvalue weighted by atomic mass is 16.5. The topological polar surface area (TPSA) is 108 Å². The van der Waals surface area contributed by atoms with Gasteiger partial charge in [-0.25, -0.2) is 9.59 Å². The minimum atomic E-state index is -1.30. The maximum Gasteiger partial charge on any atom is 0.328 e. The summed E-state index contributed by atoms with van der Waals surface area (Å²) in [5, 5.41) is 23.0. The van der Waals surface area contributed by atoms with Crippen LogP contribution in [-0.4, -0.2) is 53.1 Å². The highest BCUT2D eigenvalue weighted by Crippen LogP contribution is 2.12. The third-order valence-electron chi connectivity index (χ3n) is 2.86. The Bertz CT molecular complexity index is 308. The number of aliphatic hydroxyl groups is 1. The van der Waals surface area contributed by atoms with Gasteiger partial charge >= 0.3 is 12.0 Å². The molecule has 1 aliphatic rings. The maximum absolute atomic E-state index is 11.6. The van der Waals surface area contributed by atoms with Crippen LogP contribution in [0.25, 0.3) is 0 Å².